The molecule has 0 saturated carbocycles. The summed E-state index contributed by atoms with van der Waals surface area (Å²) in [6.07, 6.45) is 0. The number of nitrogens with one attached hydrogen (secondary N) is 1. The Bertz CT molecular complexity index is 395. The number of carbonyl (C=O) groups excluding carboxylic acids is 1. The topological polar surface area (TPSA) is 67.6 Å². The zero-order valence-electron chi connectivity index (χ0n) is 11.0. The molecule has 5 nitrogen and oxygen atoms in total. The van der Waals surface area contributed by atoms with Gasteiger partial charge in [-0.3, -0.25) is 4.79 Å². The molecule has 1 aliphatic rings. The average molecular weight is 263 g/mol. The summed E-state index contributed by atoms with van der Waals surface area (Å²) in [7, 11) is 0. The minimum absolute atomic E-state index is 0.0877. The van der Waals surface area contributed by atoms with Gasteiger partial charge < -0.3 is 20.7 Å². The summed E-state index contributed by atoms with van der Waals surface area (Å²) in [5.74, 6) is 0.0877. The number of benzene rings is 1. The normalized spacial score (nSPS) is 19.7. The minimum atomic E-state index is -0.246. The Morgan fingerprint density at radius 2 is 2.16 bits per heavy atom. The molecule has 1 heterocycles. The highest BCUT2D eigenvalue weighted by Crippen LogP contribution is 2.04. The van der Waals surface area contributed by atoms with Crippen LogP contribution in [0, 0.1) is 0 Å². The number of nitrogens with two attached hydrogens (primary N) is 1. The number of hydrogen-bond donors (Lipinski definition) is 2. The van der Waals surface area contributed by atoms with Crippen molar-refractivity contribution < 1.29 is 9.53 Å². The van der Waals surface area contributed by atoms with Crippen molar-refractivity contribution in [2.45, 2.75) is 12.6 Å². The molecule has 0 aliphatic carbocycles. The maximum Gasteiger partial charge on any atom is 0.242 e. The molecule has 1 fully saturated rings. The van der Waals surface area contributed by atoms with Gasteiger partial charge in [0.2, 0.25) is 5.91 Å². The highest BCUT2D eigenvalue weighted by atomic mass is 16.5. The molecule has 3 N–H and O–H groups in total. The van der Waals surface area contributed by atoms with Crippen LogP contribution in [0.4, 0.5) is 0 Å². The summed E-state index contributed by atoms with van der Waals surface area (Å²) < 4.78 is 5.61. The number of hydrogen-bond acceptors (Lipinski definition) is 4. The van der Waals surface area contributed by atoms with Gasteiger partial charge in [0.1, 0.15) is 6.04 Å². The maximum absolute atomic E-state index is 12.1. The summed E-state index contributed by atoms with van der Waals surface area (Å²) in [5.41, 5.74) is 6.61. The molecule has 2 rings (SSSR count). The molecule has 1 amide bonds. The van der Waals surface area contributed by atoms with E-state index in [1.807, 2.05) is 30.3 Å². The molecule has 104 valence electrons. The smallest absolute Gasteiger partial charge is 0.242 e. The van der Waals surface area contributed by atoms with Gasteiger partial charge in [0.05, 0.1) is 13.2 Å². The number of ether oxygens (including phenoxy) is 1. The quantitative estimate of drug-likeness (QED) is 0.756. The van der Waals surface area contributed by atoms with Gasteiger partial charge in [-0.15, -0.1) is 0 Å². The van der Waals surface area contributed by atoms with Crippen LogP contribution in [-0.2, 0) is 16.1 Å². The molecule has 1 unspecified atom stereocenters. The zero-order chi connectivity index (χ0) is 13.5. The fourth-order valence-electron chi connectivity index (χ4n) is 2.17. The van der Waals surface area contributed by atoms with Crippen LogP contribution < -0.4 is 11.1 Å². The maximum atomic E-state index is 12.1. The van der Waals surface area contributed by atoms with Crippen molar-refractivity contribution in [1.82, 2.24) is 10.2 Å². The number of carbonyl (C=O) groups is 1. The standard InChI is InChI=1S/C14H21N3O2/c15-6-8-17-9-7-16-13(14(17)18)11-19-10-12-4-2-1-3-5-12/h1-5,13,16H,6-11,15H2. The van der Waals surface area contributed by atoms with E-state index in [0.717, 1.165) is 18.7 Å². The largest absolute Gasteiger partial charge is 0.375 e. The van der Waals surface area contributed by atoms with E-state index in [-0.39, 0.29) is 11.9 Å². The lowest BCUT2D eigenvalue weighted by atomic mass is 10.2. The number of rotatable bonds is 6. The third kappa shape index (κ3) is 4.02. The van der Waals surface area contributed by atoms with Crippen molar-refractivity contribution in [3.8, 4) is 0 Å². The monoisotopic (exact) mass is 263 g/mol. The first-order chi connectivity index (χ1) is 9.31. The van der Waals surface area contributed by atoms with E-state index < -0.39 is 0 Å². The van der Waals surface area contributed by atoms with Gasteiger partial charge >= 0.3 is 0 Å². The number of piperazine rings is 1. The van der Waals surface area contributed by atoms with Gasteiger partial charge in [-0.1, -0.05) is 30.3 Å². The molecule has 5 heteroatoms. The third-order valence-electron chi connectivity index (χ3n) is 3.18. The van der Waals surface area contributed by atoms with Crippen LogP contribution in [0.3, 0.4) is 0 Å². The Morgan fingerprint density at radius 1 is 1.37 bits per heavy atom. The predicted molar refractivity (Wildman–Crippen MR) is 73.5 cm³/mol. The van der Waals surface area contributed by atoms with Gasteiger partial charge in [-0.2, -0.15) is 0 Å². The lowest BCUT2D eigenvalue weighted by Crippen LogP contribution is -2.57. The Kier molecular flexibility index (Phi) is 5.32. The van der Waals surface area contributed by atoms with Crippen molar-refractivity contribution in [2.24, 2.45) is 5.73 Å². The van der Waals surface area contributed by atoms with Crippen molar-refractivity contribution in [2.75, 3.05) is 32.8 Å². The van der Waals surface area contributed by atoms with E-state index in [1.54, 1.807) is 4.90 Å². The second-order valence-electron chi connectivity index (χ2n) is 4.62. The minimum Gasteiger partial charge on any atom is -0.375 e. The van der Waals surface area contributed by atoms with E-state index in [4.69, 9.17) is 10.5 Å². The van der Waals surface area contributed by atoms with E-state index in [2.05, 4.69) is 5.32 Å². The van der Waals surface area contributed by atoms with Crippen molar-refractivity contribution in [3.05, 3.63) is 35.9 Å². The van der Waals surface area contributed by atoms with Gasteiger partial charge in [0.15, 0.2) is 0 Å². The molecular weight excluding hydrogens is 242 g/mol. The number of nitrogens with zero attached hydrogens (tertiary/aromatic N) is 1. The van der Waals surface area contributed by atoms with Crippen LogP contribution >= 0.6 is 0 Å². The van der Waals surface area contributed by atoms with Gasteiger partial charge in [-0.05, 0) is 5.56 Å². The Morgan fingerprint density at radius 3 is 2.89 bits per heavy atom. The summed E-state index contributed by atoms with van der Waals surface area (Å²) in [6.45, 7) is 3.58. The fraction of sp³-hybridized carbons (Fsp3) is 0.500. The van der Waals surface area contributed by atoms with Crippen LogP contribution in [0.25, 0.3) is 0 Å². The molecule has 0 radical (unpaired) electrons. The van der Waals surface area contributed by atoms with Crippen LogP contribution in [0.1, 0.15) is 5.56 Å². The highest BCUT2D eigenvalue weighted by Gasteiger charge is 2.27. The SMILES string of the molecule is NCCN1CCNC(COCc2ccccc2)C1=O. The second-order valence-corrected chi connectivity index (χ2v) is 4.62. The summed E-state index contributed by atoms with van der Waals surface area (Å²) >= 11 is 0. The predicted octanol–water partition coefficient (Wildman–Crippen LogP) is -0.0377. The van der Waals surface area contributed by atoms with Crippen molar-refractivity contribution >= 4 is 5.91 Å². The molecule has 1 aliphatic heterocycles. The van der Waals surface area contributed by atoms with Crippen LogP contribution in [0.15, 0.2) is 30.3 Å². The molecule has 19 heavy (non-hydrogen) atoms. The van der Waals surface area contributed by atoms with Crippen molar-refractivity contribution in [1.29, 1.82) is 0 Å². The summed E-state index contributed by atoms with van der Waals surface area (Å²) in [6, 6.07) is 9.70. The molecule has 0 aromatic heterocycles. The van der Waals surface area contributed by atoms with Gasteiger partial charge in [0, 0.05) is 26.2 Å². The summed E-state index contributed by atoms with van der Waals surface area (Å²) in [4.78, 5) is 13.9. The first kappa shape index (κ1) is 14.0. The first-order valence-electron chi connectivity index (χ1n) is 6.65. The lowest BCUT2D eigenvalue weighted by molar-refractivity contribution is -0.137. The summed E-state index contributed by atoms with van der Waals surface area (Å²) in [5, 5.41) is 3.19. The fourth-order valence-corrected chi connectivity index (χ4v) is 2.17. The Hall–Kier alpha value is -1.43. The first-order valence-corrected chi connectivity index (χ1v) is 6.65. The molecule has 1 aromatic carbocycles. The van der Waals surface area contributed by atoms with Gasteiger partial charge in [-0.25, -0.2) is 0 Å². The molecule has 0 bridgehead atoms. The van der Waals surface area contributed by atoms with E-state index >= 15 is 0 Å². The van der Waals surface area contributed by atoms with Crippen LogP contribution in [-0.4, -0.2) is 49.6 Å². The Balaban J connectivity index is 1.77. The second kappa shape index (κ2) is 7.23. The van der Waals surface area contributed by atoms with E-state index in [1.165, 1.54) is 0 Å². The zero-order valence-corrected chi connectivity index (χ0v) is 11.0. The number of amides is 1. The van der Waals surface area contributed by atoms with Crippen LogP contribution in [0.2, 0.25) is 0 Å². The molecule has 0 spiro atoms. The lowest BCUT2D eigenvalue weighted by Gasteiger charge is -2.32. The Labute approximate surface area is 113 Å². The highest BCUT2D eigenvalue weighted by molar-refractivity contribution is 5.82. The average Bonchev–Trinajstić information content (AvgIpc) is 2.44. The van der Waals surface area contributed by atoms with E-state index in [9.17, 15) is 4.79 Å². The van der Waals surface area contributed by atoms with Crippen LogP contribution in [0.5, 0.6) is 0 Å². The molecule has 1 atom stereocenters. The molecular formula is C14H21N3O2. The third-order valence-corrected chi connectivity index (χ3v) is 3.18. The van der Waals surface area contributed by atoms with E-state index in [0.29, 0.717) is 26.3 Å². The van der Waals surface area contributed by atoms with Crippen molar-refractivity contribution in [3.63, 3.8) is 0 Å². The van der Waals surface area contributed by atoms with Gasteiger partial charge in [0.25, 0.3) is 0 Å². The molecule has 1 aromatic rings. The molecule has 1 saturated heterocycles.